The molecule has 1 aromatic heterocycles. The van der Waals surface area contributed by atoms with E-state index in [0.29, 0.717) is 23.9 Å². The number of nitrogens with one attached hydrogen (secondary N) is 2. The predicted octanol–water partition coefficient (Wildman–Crippen LogP) is 2.02. The fourth-order valence-electron chi connectivity index (χ4n) is 2.68. The Morgan fingerprint density at radius 2 is 1.85 bits per heavy atom. The lowest BCUT2D eigenvalue weighted by molar-refractivity contribution is 0.0380. The molecule has 0 aromatic carbocycles. The van der Waals surface area contributed by atoms with E-state index >= 15 is 0 Å². The largest absolute Gasteiger partial charge is 0.490 e. The topological polar surface area (TPSA) is 79.3 Å². The van der Waals surface area contributed by atoms with E-state index in [1.165, 1.54) is 19.2 Å². The molecule has 1 heterocycles. The molecule has 20 heavy (non-hydrogen) atoms. The van der Waals surface area contributed by atoms with Crippen LogP contribution in [0.1, 0.15) is 38.5 Å². The SMILES string of the molecule is CNc1ncnc(NCC2(O)CCCCCC2)c1OC. The molecule has 6 nitrogen and oxygen atoms in total. The highest BCUT2D eigenvalue weighted by atomic mass is 16.5. The van der Waals surface area contributed by atoms with Crippen LogP contribution in [0.2, 0.25) is 0 Å². The van der Waals surface area contributed by atoms with Crippen LogP contribution in [-0.4, -0.2) is 41.4 Å². The molecule has 6 heteroatoms. The third-order valence-corrected chi connectivity index (χ3v) is 3.86. The maximum atomic E-state index is 10.6. The number of hydrogen-bond donors (Lipinski definition) is 3. The highest BCUT2D eigenvalue weighted by Gasteiger charge is 2.28. The minimum absolute atomic E-state index is 0.490. The third-order valence-electron chi connectivity index (χ3n) is 3.86. The smallest absolute Gasteiger partial charge is 0.204 e. The first kappa shape index (κ1) is 14.8. The zero-order valence-corrected chi connectivity index (χ0v) is 12.3. The molecule has 0 amide bonds. The monoisotopic (exact) mass is 280 g/mol. The summed E-state index contributed by atoms with van der Waals surface area (Å²) in [5, 5.41) is 16.8. The van der Waals surface area contributed by atoms with Crippen molar-refractivity contribution in [1.29, 1.82) is 0 Å². The number of ether oxygens (including phenoxy) is 1. The number of aromatic nitrogens is 2. The molecule has 3 N–H and O–H groups in total. The van der Waals surface area contributed by atoms with Crippen molar-refractivity contribution in [2.45, 2.75) is 44.1 Å². The summed E-state index contributed by atoms with van der Waals surface area (Å²) in [4.78, 5) is 8.30. The summed E-state index contributed by atoms with van der Waals surface area (Å²) < 4.78 is 5.33. The van der Waals surface area contributed by atoms with E-state index in [4.69, 9.17) is 4.74 Å². The van der Waals surface area contributed by atoms with E-state index < -0.39 is 5.60 Å². The molecule has 0 aliphatic heterocycles. The van der Waals surface area contributed by atoms with Crippen LogP contribution in [0.25, 0.3) is 0 Å². The molecule has 1 aromatic rings. The molecule has 1 aliphatic carbocycles. The number of methoxy groups -OCH3 is 1. The van der Waals surface area contributed by atoms with E-state index in [9.17, 15) is 5.11 Å². The number of nitrogens with zero attached hydrogens (tertiary/aromatic N) is 2. The van der Waals surface area contributed by atoms with Crippen molar-refractivity contribution in [2.24, 2.45) is 0 Å². The Morgan fingerprint density at radius 3 is 2.45 bits per heavy atom. The van der Waals surface area contributed by atoms with Gasteiger partial charge in [-0.3, -0.25) is 0 Å². The minimum atomic E-state index is -0.647. The van der Waals surface area contributed by atoms with Gasteiger partial charge in [-0.1, -0.05) is 25.7 Å². The maximum Gasteiger partial charge on any atom is 0.204 e. The normalized spacial score (nSPS) is 18.1. The summed E-state index contributed by atoms with van der Waals surface area (Å²) in [6.45, 7) is 0.490. The molecule has 0 atom stereocenters. The lowest BCUT2D eigenvalue weighted by atomic mass is 9.94. The van der Waals surface area contributed by atoms with Crippen LogP contribution in [0.15, 0.2) is 6.33 Å². The van der Waals surface area contributed by atoms with Gasteiger partial charge in [0, 0.05) is 13.6 Å². The Kier molecular flexibility index (Phi) is 5.00. The van der Waals surface area contributed by atoms with Gasteiger partial charge in [0.2, 0.25) is 5.75 Å². The maximum absolute atomic E-state index is 10.6. The average Bonchev–Trinajstić information content (AvgIpc) is 2.69. The van der Waals surface area contributed by atoms with Crippen LogP contribution in [0.5, 0.6) is 5.75 Å². The van der Waals surface area contributed by atoms with E-state index in [1.807, 2.05) is 0 Å². The van der Waals surface area contributed by atoms with Crippen LogP contribution in [0, 0.1) is 0 Å². The van der Waals surface area contributed by atoms with Gasteiger partial charge in [0.15, 0.2) is 11.6 Å². The summed E-state index contributed by atoms with van der Waals surface area (Å²) in [6.07, 6.45) is 7.75. The predicted molar refractivity (Wildman–Crippen MR) is 79.3 cm³/mol. The number of anilines is 2. The van der Waals surface area contributed by atoms with E-state index in [2.05, 4.69) is 20.6 Å². The van der Waals surface area contributed by atoms with E-state index in [-0.39, 0.29) is 0 Å². The van der Waals surface area contributed by atoms with Crippen LogP contribution in [-0.2, 0) is 0 Å². The lowest BCUT2D eigenvalue weighted by Gasteiger charge is -2.27. The lowest BCUT2D eigenvalue weighted by Crippen LogP contribution is -2.36. The van der Waals surface area contributed by atoms with Gasteiger partial charge in [0.1, 0.15) is 6.33 Å². The molecule has 2 rings (SSSR count). The second-order valence-corrected chi connectivity index (χ2v) is 5.35. The number of aliphatic hydroxyl groups is 1. The third kappa shape index (κ3) is 3.50. The fourth-order valence-corrected chi connectivity index (χ4v) is 2.68. The van der Waals surface area contributed by atoms with E-state index in [0.717, 1.165) is 25.7 Å². The summed E-state index contributed by atoms with van der Waals surface area (Å²) in [5.41, 5.74) is -0.647. The second-order valence-electron chi connectivity index (χ2n) is 5.35. The average molecular weight is 280 g/mol. The summed E-state index contributed by atoms with van der Waals surface area (Å²) in [7, 11) is 3.37. The van der Waals surface area contributed by atoms with Gasteiger partial charge in [0.05, 0.1) is 12.7 Å². The van der Waals surface area contributed by atoms with Crippen molar-refractivity contribution in [3.8, 4) is 5.75 Å². The first-order valence-corrected chi connectivity index (χ1v) is 7.21. The van der Waals surface area contributed by atoms with Crippen molar-refractivity contribution in [3.05, 3.63) is 6.33 Å². The molecule has 0 unspecified atom stereocenters. The standard InChI is InChI=1S/C14H24N4O2/c1-15-12-11(20-2)13(18-10-17-12)16-9-14(19)7-5-3-4-6-8-14/h10,19H,3-9H2,1-2H3,(H2,15,16,17,18). The highest BCUT2D eigenvalue weighted by molar-refractivity contribution is 5.63. The van der Waals surface area contributed by atoms with Crippen molar-refractivity contribution >= 4 is 11.6 Å². The van der Waals surface area contributed by atoms with Gasteiger partial charge in [-0.25, -0.2) is 9.97 Å². The van der Waals surface area contributed by atoms with Gasteiger partial charge in [-0.2, -0.15) is 0 Å². The highest BCUT2D eigenvalue weighted by Crippen LogP contribution is 2.31. The van der Waals surface area contributed by atoms with E-state index in [1.54, 1.807) is 14.2 Å². The van der Waals surface area contributed by atoms with Gasteiger partial charge >= 0.3 is 0 Å². The van der Waals surface area contributed by atoms with Crippen LogP contribution in [0.4, 0.5) is 11.6 Å². The first-order chi connectivity index (χ1) is 9.68. The minimum Gasteiger partial charge on any atom is -0.490 e. The van der Waals surface area contributed by atoms with Crippen LogP contribution >= 0.6 is 0 Å². The Bertz CT molecular complexity index is 431. The molecule has 0 radical (unpaired) electrons. The molecule has 0 saturated heterocycles. The fraction of sp³-hybridized carbons (Fsp3) is 0.714. The zero-order valence-electron chi connectivity index (χ0n) is 12.3. The molecule has 1 fully saturated rings. The van der Waals surface area contributed by atoms with Crippen LogP contribution < -0.4 is 15.4 Å². The summed E-state index contributed by atoms with van der Waals surface area (Å²) in [6, 6.07) is 0. The van der Waals surface area contributed by atoms with Crippen molar-refractivity contribution in [3.63, 3.8) is 0 Å². The van der Waals surface area contributed by atoms with Crippen molar-refractivity contribution in [1.82, 2.24) is 9.97 Å². The second kappa shape index (κ2) is 6.74. The molecule has 112 valence electrons. The molecule has 1 aliphatic rings. The van der Waals surface area contributed by atoms with Crippen molar-refractivity contribution < 1.29 is 9.84 Å². The number of hydrogen-bond acceptors (Lipinski definition) is 6. The first-order valence-electron chi connectivity index (χ1n) is 7.21. The van der Waals surface area contributed by atoms with Gasteiger partial charge in [0.25, 0.3) is 0 Å². The molecular weight excluding hydrogens is 256 g/mol. The zero-order chi connectivity index (χ0) is 14.4. The van der Waals surface area contributed by atoms with Gasteiger partial charge in [-0.15, -0.1) is 0 Å². The summed E-state index contributed by atoms with van der Waals surface area (Å²) in [5.74, 6) is 1.83. The Hall–Kier alpha value is -1.56. The number of rotatable bonds is 5. The Morgan fingerprint density at radius 1 is 1.20 bits per heavy atom. The van der Waals surface area contributed by atoms with Gasteiger partial charge < -0.3 is 20.5 Å². The molecule has 1 saturated carbocycles. The van der Waals surface area contributed by atoms with Crippen LogP contribution in [0.3, 0.4) is 0 Å². The Labute approximate surface area is 120 Å². The quantitative estimate of drug-likeness (QED) is 0.716. The molecule has 0 bridgehead atoms. The summed E-state index contributed by atoms with van der Waals surface area (Å²) >= 11 is 0. The Balaban J connectivity index is 2.06. The van der Waals surface area contributed by atoms with Crippen molar-refractivity contribution in [2.75, 3.05) is 31.3 Å². The molecular formula is C14H24N4O2. The van der Waals surface area contributed by atoms with Gasteiger partial charge in [-0.05, 0) is 12.8 Å². The molecule has 0 spiro atoms.